The number of nitrogens with zero attached hydrogens (tertiary/aromatic N) is 3. The molecule has 0 radical (unpaired) electrons. The van der Waals surface area contributed by atoms with Crippen molar-refractivity contribution in [2.24, 2.45) is 0 Å². The third kappa shape index (κ3) is 2.32. The lowest BCUT2D eigenvalue weighted by Gasteiger charge is -2.08. The fourth-order valence-corrected chi connectivity index (χ4v) is 1.46. The number of hydrogen-bond donors (Lipinski definition) is 2. The lowest BCUT2D eigenvalue weighted by molar-refractivity contribution is 1.20. The van der Waals surface area contributed by atoms with Crippen molar-refractivity contribution in [3.8, 4) is 6.07 Å². The van der Waals surface area contributed by atoms with Crippen LogP contribution < -0.4 is 11.1 Å². The van der Waals surface area contributed by atoms with Crippen LogP contribution in [0.1, 0.15) is 11.1 Å². The van der Waals surface area contributed by atoms with Gasteiger partial charge in [-0.2, -0.15) is 5.26 Å². The molecule has 0 aliphatic rings. The number of nitrogens with one attached hydrogen (secondary N) is 1. The van der Waals surface area contributed by atoms with Gasteiger partial charge in [-0.3, -0.25) is 0 Å². The van der Waals surface area contributed by atoms with Gasteiger partial charge in [0.15, 0.2) is 0 Å². The second-order valence-corrected chi connectivity index (χ2v) is 3.56. The maximum Gasteiger partial charge on any atom is 0.149 e. The summed E-state index contributed by atoms with van der Waals surface area (Å²) in [6, 6.07) is 7.75. The molecular weight excluding hydrogens is 214 g/mol. The molecule has 0 aliphatic heterocycles. The van der Waals surface area contributed by atoms with E-state index >= 15 is 0 Å². The van der Waals surface area contributed by atoms with Crippen molar-refractivity contribution in [3.63, 3.8) is 0 Å². The van der Waals surface area contributed by atoms with Crippen LogP contribution in [0.5, 0.6) is 0 Å². The van der Waals surface area contributed by atoms with Crippen molar-refractivity contribution in [3.05, 3.63) is 41.7 Å². The number of nitriles is 1. The van der Waals surface area contributed by atoms with Crippen LogP contribution in [-0.4, -0.2) is 9.97 Å². The van der Waals surface area contributed by atoms with Crippen molar-refractivity contribution in [1.82, 2.24) is 9.97 Å². The normalized spacial score (nSPS) is 9.65. The molecule has 0 bridgehead atoms. The topological polar surface area (TPSA) is 87.6 Å². The Hall–Kier alpha value is -2.61. The van der Waals surface area contributed by atoms with E-state index in [1.54, 1.807) is 0 Å². The second-order valence-electron chi connectivity index (χ2n) is 3.56. The van der Waals surface area contributed by atoms with E-state index < -0.39 is 0 Å². The molecule has 17 heavy (non-hydrogen) atoms. The zero-order valence-electron chi connectivity index (χ0n) is 9.31. The van der Waals surface area contributed by atoms with Gasteiger partial charge in [0, 0.05) is 0 Å². The number of hydrogen-bond acceptors (Lipinski definition) is 5. The summed E-state index contributed by atoms with van der Waals surface area (Å²) < 4.78 is 0. The number of aryl methyl sites for hydroxylation is 1. The average Bonchev–Trinajstić information content (AvgIpc) is 2.32. The molecule has 0 saturated heterocycles. The SMILES string of the molecule is Cc1cccc(Nc2cnc(N)cn2)c1C#N. The van der Waals surface area contributed by atoms with Gasteiger partial charge in [-0.1, -0.05) is 12.1 Å². The van der Waals surface area contributed by atoms with Gasteiger partial charge in [-0.25, -0.2) is 9.97 Å². The summed E-state index contributed by atoms with van der Waals surface area (Å²) in [6.07, 6.45) is 2.99. The highest BCUT2D eigenvalue weighted by Crippen LogP contribution is 2.21. The molecule has 0 unspecified atom stereocenters. The third-order valence-electron chi connectivity index (χ3n) is 2.32. The maximum atomic E-state index is 9.08. The predicted octanol–water partition coefficient (Wildman–Crippen LogP) is 1.98. The van der Waals surface area contributed by atoms with E-state index in [0.29, 0.717) is 22.9 Å². The molecule has 0 fully saturated rings. The van der Waals surface area contributed by atoms with Crippen LogP contribution in [0.3, 0.4) is 0 Å². The van der Waals surface area contributed by atoms with E-state index in [1.165, 1.54) is 12.4 Å². The Morgan fingerprint density at radius 3 is 2.76 bits per heavy atom. The Balaban J connectivity index is 2.34. The minimum absolute atomic E-state index is 0.361. The number of anilines is 3. The monoisotopic (exact) mass is 225 g/mol. The van der Waals surface area contributed by atoms with Crippen molar-refractivity contribution >= 4 is 17.3 Å². The highest BCUT2D eigenvalue weighted by atomic mass is 15.0. The van der Waals surface area contributed by atoms with Gasteiger partial charge in [-0.05, 0) is 18.6 Å². The Bertz CT molecular complexity index is 568. The Morgan fingerprint density at radius 1 is 1.29 bits per heavy atom. The zero-order valence-corrected chi connectivity index (χ0v) is 9.31. The van der Waals surface area contributed by atoms with Crippen molar-refractivity contribution in [2.75, 3.05) is 11.1 Å². The summed E-state index contributed by atoms with van der Waals surface area (Å²) in [7, 11) is 0. The maximum absolute atomic E-state index is 9.08. The van der Waals surface area contributed by atoms with E-state index in [1.807, 2.05) is 25.1 Å². The largest absolute Gasteiger partial charge is 0.382 e. The molecule has 0 amide bonds. The molecule has 2 rings (SSSR count). The number of nitrogens with two attached hydrogens (primary N) is 1. The Morgan fingerprint density at radius 2 is 2.12 bits per heavy atom. The van der Waals surface area contributed by atoms with Crippen LogP contribution in [0, 0.1) is 18.3 Å². The molecule has 0 aliphatic carbocycles. The zero-order chi connectivity index (χ0) is 12.3. The van der Waals surface area contributed by atoms with Gasteiger partial charge in [-0.15, -0.1) is 0 Å². The Kier molecular flexibility index (Phi) is 2.88. The molecule has 1 heterocycles. The summed E-state index contributed by atoms with van der Waals surface area (Å²) >= 11 is 0. The molecule has 2 aromatic rings. The first-order valence-corrected chi connectivity index (χ1v) is 5.05. The van der Waals surface area contributed by atoms with Crippen LogP contribution in [0.25, 0.3) is 0 Å². The first kappa shape index (κ1) is 10.9. The van der Waals surface area contributed by atoms with Crippen molar-refractivity contribution in [2.45, 2.75) is 6.92 Å². The van der Waals surface area contributed by atoms with Crippen molar-refractivity contribution in [1.29, 1.82) is 5.26 Å². The van der Waals surface area contributed by atoms with Gasteiger partial charge in [0.05, 0.1) is 23.6 Å². The third-order valence-corrected chi connectivity index (χ3v) is 2.32. The van der Waals surface area contributed by atoms with Gasteiger partial charge < -0.3 is 11.1 Å². The van der Waals surface area contributed by atoms with Crippen LogP contribution in [0.4, 0.5) is 17.3 Å². The highest BCUT2D eigenvalue weighted by molar-refractivity contribution is 5.66. The van der Waals surface area contributed by atoms with E-state index in [0.717, 1.165) is 5.56 Å². The van der Waals surface area contributed by atoms with E-state index in [9.17, 15) is 0 Å². The summed E-state index contributed by atoms with van der Waals surface area (Å²) in [5, 5.41) is 12.1. The van der Waals surface area contributed by atoms with E-state index in [2.05, 4.69) is 21.4 Å². The standard InChI is InChI=1S/C12H11N5/c1-8-3-2-4-10(9(8)5-13)17-12-7-15-11(14)6-16-12/h2-4,6-7H,1H3,(H2,14,15)(H,16,17). The van der Waals surface area contributed by atoms with Crippen LogP contribution in [0.15, 0.2) is 30.6 Å². The summed E-state index contributed by atoms with van der Waals surface area (Å²) in [5.74, 6) is 0.918. The molecule has 0 spiro atoms. The molecule has 5 nitrogen and oxygen atoms in total. The molecule has 1 aromatic carbocycles. The summed E-state index contributed by atoms with van der Waals surface area (Å²) in [5.41, 5.74) is 7.68. The number of aromatic nitrogens is 2. The van der Waals surface area contributed by atoms with Crippen LogP contribution in [-0.2, 0) is 0 Å². The minimum atomic E-state index is 0.361. The van der Waals surface area contributed by atoms with Gasteiger partial charge in [0.2, 0.25) is 0 Å². The van der Waals surface area contributed by atoms with E-state index in [-0.39, 0.29) is 0 Å². The fraction of sp³-hybridized carbons (Fsp3) is 0.0833. The minimum Gasteiger partial charge on any atom is -0.382 e. The number of rotatable bonds is 2. The smallest absolute Gasteiger partial charge is 0.149 e. The second kappa shape index (κ2) is 4.49. The van der Waals surface area contributed by atoms with E-state index in [4.69, 9.17) is 11.0 Å². The molecule has 0 saturated carbocycles. The fourth-order valence-electron chi connectivity index (χ4n) is 1.46. The quantitative estimate of drug-likeness (QED) is 0.815. The van der Waals surface area contributed by atoms with Gasteiger partial charge in [0.25, 0.3) is 0 Å². The predicted molar refractivity (Wildman–Crippen MR) is 65.6 cm³/mol. The van der Waals surface area contributed by atoms with Crippen molar-refractivity contribution < 1.29 is 0 Å². The lowest BCUT2D eigenvalue weighted by atomic mass is 10.1. The summed E-state index contributed by atoms with van der Waals surface area (Å²) in [4.78, 5) is 7.99. The number of benzene rings is 1. The molecule has 3 N–H and O–H groups in total. The van der Waals surface area contributed by atoms with Crippen LogP contribution >= 0.6 is 0 Å². The number of nitrogen functional groups attached to an aromatic ring is 1. The van der Waals surface area contributed by atoms with Crippen LogP contribution in [0.2, 0.25) is 0 Å². The molecule has 5 heteroatoms. The Labute approximate surface area is 98.9 Å². The lowest BCUT2D eigenvalue weighted by Crippen LogP contribution is -1.99. The first-order valence-electron chi connectivity index (χ1n) is 5.05. The molecule has 0 atom stereocenters. The summed E-state index contributed by atoms with van der Waals surface area (Å²) in [6.45, 7) is 1.89. The molecule has 1 aromatic heterocycles. The van der Waals surface area contributed by atoms with Gasteiger partial charge >= 0.3 is 0 Å². The van der Waals surface area contributed by atoms with Gasteiger partial charge in [0.1, 0.15) is 17.7 Å². The first-order chi connectivity index (χ1) is 8.20. The molecular formula is C12H11N5. The highest BCUT2D eigenvalue weighted by Gasteiger charge is 2.05. The molecule has 84 valence electrons. The average molecular weight is 225 g/mol.